The van der Waals surface area contributed by atoms with E-state index in [0.29, 0.717) is 12.6 Å². The van der Waals surface area contributed by atoms with Gasteiger partial charge in [0.05, 0.1) is 18.9 Å². The van der Waals surface area contributed by atoms with Gasteiger partial charge in [-0.05, 0) is 37.1 Å². The Balaban J connectivity index is 1.71. The fraction of sp³-hybridized carbons (Fsp3) is 0.636. The molecule has 0 spiro atoms. The molecule has 0 aliphatic carbocycles. The molecule has 0 aromatic carbocycles. The standard InChI is InChI=1S/C11H16ClN3O/c12-11-14-6-4-10(15-11)8-16-7-9-3-1-2-5-13-9/h4,6,9,13H,1-3,5,7-8H2/t9-/m0/s1. The number of hydrogen-bond donors (Lipinski definition) is 1. The summed E-state index contributed by atoms with van der Waals surface area (Å²) in [6, 6.07) is 2.31. The Labute approximate surface area is 100 Å². The molecule has 16 heavy (non-hydrogen) atoms. The first-order valence-corrected chi connectivity index (χ1v) is 6.01. The lowest BCUT2D eigenvalue weighted by molar-refractivity contribution is 0.0890. The lowest BCUT2D eigenvalue weighted by Gasteiger charge is -2.23. The molecule has 2 heterocycles. The van der Waals surface area contributed by atoms with Gasteiger partial charge in [-0.2, -0.15) is 0 Å². The summed E-state index contributed by atoms with van der Waals surface area (Å²) in [5.41, 5.74) is 0.829. The summed E-state index contributed by atoms with van der Waals surface area (Å²) in [4.78, 5) is 7.89. The molecule has 0 amide bonds. The first-order chi connectivity index (χ1) is 7.84. The lowest BCUT2D eigenvalue weighted by Crippen LogP contribution is -2.37. The van der Waals surface area contributed by atoms with Gasteiger partial charge in [0.2, 0.25) is 5.28 Å². The predicted molar refractivity (Wildman–Crippen MR) is 62.3 cm³/mol. The minimum atomic E-state index is 0.275. The van der Waals surface area contributed by atoms with Crippen molar-refractivity contribution < 1.29 is 4.74 Å². The molecule has 5 heteroatoms. The molecule has 1 fully saturated rings. The van der Waals surface area contributed by atoms with Gasteiger partial charge in [-0.3, -0.25) is 0 Å². The average molecular weight is 242 g/mol. The van der Waals surface area contributed by atoms with E-state index in [0.717, 1.165) is 18.8 Å². The van der Waals surface area contributed by atoms with Gasteiger partial charge in [0, 0.05) is 12.2 Å². The summed E-state index contributed by atoms with van der Waals surface area (Å²) in [6.45, 7) is 2.34. The Morgan fingerprint density at radius 1 is 1.50 bits per heavy atom. The van der Waals surface area contributed by atoms with Crippen LogP contribution in [-0.4, -0.2) is 29.2 Å². The van der Waals surface area contributed by atoms with Crippen LogP contribution in [0.3, 0.4) is 0 Å². The zero-order valence-electron chi connectivity index (χ0n) is 9.16. The van der Waals surface area contributed by atoms with Gasteiger partial charge < -0.3 is 10.1 Å². The van der Waals surface area contributed by atoms with E-state index < -0.39 is 0 Å². The van der Waals surface area contributed by atoms with E-state index >= 15 is 0 Å². The molecule has 2 rings (SSSR count). The molecule has 1 saturated heterocycles. The zero-order chi connectivity index (χ0) is 11.2. The average Bonchev–Trinajstić information content (AvgIpc) is 2.30. The minimum Gasteiger partial charge on any atom is -0.374 e. The fourth-order valence-corrected chi connectivity index (χ4v) is 1.99. The number of halogens is 1. The van der Waals surface area contributed by atoms with Crippen LogP contribution >= 0.6 is 11.6 Å². The van der Waals surface area contributed by atoms with Crippen molar-refractivity contribution in [3.8, 4) is 0 Å². The molecule has 0 saturated carbocycles. The van der Waals surface area contributed by atoms with Crippen LogP contribution in [0.15, 0.2) is 12.3 Å². The van der Waals surface area contributed by atoms with E-state index in [1.54, 1.807) is 6.20 Å². The number of nitrogens with zero attached hydrogens (tertiary/aromatic N) is 2. The van der Waals surface area contributed by atoms with Crippen LogP contribution in [-0.2, 0) is 11.3 Å². The molecule has 1 aliphatic rings. The van der Waals surface area contributed by atoms with E-state index in [2.05, 4.69) is 15.3 Å². The monoisotopic (exact) mass is 241 g/mol. The van der Waals surface area contributed by atoms with Crippen LogP contribution < -0.4 is 5.32 Å². The summed E-state index contributed by atoms with van der Waals surface area (Å²) < 4.78 is 5.60. The van der Waals surface area contributed by atoms with Crippen LogP contribution in [0.2, 0.25) is 5.28 Å². The predicted octanol–water partition coefficient (Wildman–Crippen LogP) is 1.79. The van der Waals surface area contributed by atoms with Crippen molar-refractivity contribution in [2.75, 3.05) is 13.2 Å². The summed E-state index contributed by atoms with van der Waals surface area (Å²) >= 11 is 5.68. The highest BCUT2D eigenvalue weighted by atomic mass is 35.5. The summed E-state index contributed by atoms with van der Waals surface area (Å²) in [5.74, 6) is 0. The van der Waals surface area contributed by atoms with Crippen LogP contribution in [0.1, 0.15) is 25.0 Å². The molecule has 1 aromatic rings. The van der Waals surface area contributed by atoms with Crippen molar-refractivity contribution in [1.82, 2.24) is 15.3 Å². The van der Waals surface area contributed by atoms with Crippen molar-refractivity contribution in [2.24, 2.45) is 0 Å². The molecule has 0 bridgehead atoms. The number of rotatable bonds is 4. The SMILES string of the molecule is Clc1nccc(COC[C@@H]2CCCCN2)n1. The van der Waals surface area contributed by atoms with E-state index in [1.807, 2.05) is 6.07 Å². The molecular formula is C11H16ClN3O. The third-order valence-electron chi connectivity index (χ3n) is 2.67. The third-order valence-corrected chi connectivity index (χ3v) is 2.85. The smallest absolute Gasteiger partial charge is 0.222 e. The second kappa shape index (κ2) is 6.13. The maximum atomic E-state index is 5.68. The van der Waals surface area contributed by atoms with E-state index in [9.17, 15) is 0 Å². The van der Waals surface area contributed by atoms with Crippen LogP contribution in [0.25, 0.3) is 0 Å². The molecule has 1 atom stereocenters. The number of ether oxygens (including phenoxy) is 1. The van der Waals surface area contributed by atoms with Gasteiger partial charge in [0.1, 0.15) is 0 Å². The number of nitrogens with one attached hydrogen (secondary N) is 1. The van der Waals surface area contributed by atoms with Crippen LogP contribution in [0.4, 0.5) is 0 Å². The highest BCUT2D eigenvalue weighted by molar-refractivity contribution is 6.28. The van der Waals surface area contributed by atoms with Gasteiger partial charge in [0.25, 0.3) is 0 Å². The van der Waals surface area contributed by atoms with Crippen molar-refractivity contribution in [3.05, 3.63) is 23.2 Å². The summed E-state index contributed by atoms with van der Waals surface area (Å²) in [5, 5.41) is 3.71. The number of hydrogen-bond acceptors (Lipinski definition) is 4. The van der Waals surface area contributed by atoms with Gasteiger partial charge in [-0.1, -0.05) is 6.42 Å². The lowest BCUT2D eigenvalue weighted by atomic mass is 10.1. The molecule has 0 unspecified atom stereocenters. The molecule has 4 nitrogen and oxygen atoms in total. The molecule has 88 valence electrons. The second-order valence-electron chi connectivity index (χ2n) is 3.98. The van der Waals surface area contributed by atoms with Crippen molar-refractivity contribution in [2.45, 2.75) is 31.9 Å². The Bertz CT molecular complexity index is 329. The third kappa shape index (κ3) is 3.70. The van der Waals surface area contributed by atoms with Gasteiger partial charge in [-0.15, -0.1) is 0 Å². The first-order valence-electron chi connectivity index (χ1n) is 5.63. The maximum Gasteiger partial charge on any atom is 0.222 e. The van der Waals surface area contributed by atoms with E-state index in [1.165, 1.54) is 19.3 Å². The molecular weight excluding hydrogens is 226 g/mol. The minimum absolute atomic E-state index is 0.275. The molecule has 0 radical (unpaired) electrons. The van der Waals surface area contributed by atoms with Crippen LogP contribution in [0.5, 0.6) is 0 Å². The fourth-order valence-electron chi connectivity index (χ4n) is 1.82. The largest absolute Gasteiger partial charge is 0.374 e. The summed E-state index contributed by atoms with van der Waals surface area (Å²) in [7, 11) is 0. The van der Waals surface area contributed by atoms with Crippen molar-refractivity contribution in [1.29, 1.82) is 0 Å². The Hall–Kier alpha value is -0.710. The van der Waals surface area contributed by atoms with Crippen LogP contribution in [0, 0.1) is 0 Å². The molecule has 1 N–H and O–H groups in total. The molecule has 1 aromatic heterocycles. The summed E-state index contributed by atoms with van der Waals surface area (Å²) in [6.07, 6.45) is 5.41. The Kier molecular flexibility index (Phi) is 4.51. The normalized spacial score (nSPS) is 20.9. The Morgan fingerprint density at radius 3 is 3.19 bits per heavy atom. The zero-order valence-corrected chi connectivity index (χ0v) is 9.91. The van der Waals surface area contributed by atoms with E-state index in [-0.39, 0.29) is 5.28 Å². The maximum absolute atomic E-state index is 5.68. The highest BCUT2D eigenvalue weighted by Gasteiger charge is 2.12. The number of piperidine rings is 1. The Morgan fingerprint density at radius 2 is 2.44 bits per heavy atom. The van der Waals surface area contributed by atoms with Gasteiger partial charge in [0.15, 0.2) is 0 Å². The van der Waals surface area contributed by atoms with Crippen molar-refractivity contribution >= 4 is 11.6 Å². The topological polar surface area (TPSA) is 47.0 Å². The quantitative estimate of drug-likeness (QED) is 0.817. The highest BCUT2D eigenvalue weighted by Crippen LogP contribution is 2.08. The van der Waals surface area contributed by atoms with Gasteiger partial charge >= 0.3 is 0 Å². The molecule has 1 aliphatic heterocycles. The number of aromatic nitrogens is 2. The van der Waals surface area contributed by atoms with E-state index in [4.69, 9.17) is 16.3 Å². The van der Waals surface area contributed by atoms with Gasteiger partial charge in [-0.25, -0.2) is 9.97 Å². The first kappa shape index (κ1) is 11.8. The second-order valence-corrected chi connectivity index (χ2v) is 4.32. The van der Waals surface area contributed by atoms with Crippen molar-refractivity contribution in [3.63, 3.8) is 0 Å².